The van der Waals surface area contributed by atoms with Crippen LogP contribution in [0.1, 0.15) is 4.88 Å². The molecular weight excluding hydrogens is 279 g/mol. The molecule has 14 heavy (non-hydrogen) atoms. The summed E-state index contributed by atoms with van der Waals surface area (Å²) in [6.45, 7) is -0.563. The van der Waals surface area contributed by atoms with Crippen LogP contribution in [0.2, 0.25) is 0 Å². The van der Waals surface area contributed by atoms with Gasteiger partial charge in [-0.25, -0.2) is 0 Å². The fraction of sp³-hybridized carbons (Fsp3) is 0.500. The molecule has 0 aliphatic carbocycles. The average Bonchev–Trinajstić information content (AvgIpc) is 2.44. The van der Waals surface area contributed by atoms with Gasteiger partial charge in [0.1, 0.15) is 0 Å². The smallest absolute Gasteiger partial charge is 0.308 e. The fourth-order valence-corrected chi connectivity index (χ4v) is 2.38. The van der Waals surface area contributed by atoms with Gasteiger partial charge in [0.05, 0.1) is 6.54 Å². The van der Waals surface area contributed by atoms with E-state index in [1.807, 2.05) is 11.4 Å². The van der Waals surface area contributed by atoms with E-state index in [1.165, 1.54) is 11.3 Å². The summed E-state index contributed by atoms with van der Waals surface area (Å²) in [5.41, 5.74) is 0. The Kier molecular flexibility index (Phi) is 4.40. The Morgan fingerprint density at radius 3 is 2.64 bits per heavy atom. The monoisotopic (exact) mass is 287 g/mol. The Labute approximate surface area is 92.4 Å². The molecule has 0 aliphatic heterocycles. The molecule has 6 heteroatoms. The number of halogens is 4. The summed E-state index contributed by atoms with van der Waals surface area (Å²) >= 11 is 4.82. The third kappa shape index (κ3) is 4.97. The highest BCUT2D eigenvalue weighted by Crippen LogP contribution is 2.19. The molecule has 0 fully saturated rings. The van der Waals surface area contributed by atoms with Crippen molar-refractivity contribution in [3.8, 4) is 0 Å². The summed E-state index contributed by atoms with van der Waals surface area (Å²) in [4.78, 5) is 1.08. The van der Waals surface area contributed by atoms with Gasteiger partial charge in [-0.2, -0.15) is 13.2 Å². The van der Waals surface area contributed by atoms with E-state index in [-0.39, 0.29) is 0 Å². The molecule has 0 aromatic carbocycles. The van der Waals surface area contributed by atoms with Crippen LogP contribution in [0.4, 0.5) is 13.2 Å². The van der Waals surface area contributed by atoms with Gasteiger partial charge in [0.2, 0.25) is 0 Å². The predicted octanol–water partition coefficient (Wildman–Crippen LogP) is 3.21. The molecule has 1 aromatic rings. The van der Waals surface area contributed by atoms with Gasteiger partial charge in [0.25, 0.3) is 0 Å². The highest BCUT2D eigenvalue weighted by molar-refractivity contribution is 9.10. The maximum absolute atomic E-state index is 11.7. The van der Waals surface area contributed by atoms with Crippen molar-refractivity contribution in [2.45, 2.75) is 12.6 Å². The lowest BCUT2D eigenvalue weighted by molar-refractivity contribution is -0.124. The van der Waals surface area contributed by atoms with Crippen LogP contribution in [0.15, 0.2) is 15.9 Å². The molecule has 0 radical (unpaired) electrons. The first-order valence-electron chi connectivity index (χ1n) is 3.98. The van der Waals surface area contributed by atoms with Gasteiger partial charge in [-0.1, -0.05) is 0 Å². The van der Waals surface area contributed by atoms with E-state index in [1.54, 1.807) is 0 Å². The minimum Gasteiger partial charge on any atom is -0.308 e. The molecule has 1 rings (SSSR count). The molecule has 0 amide bonds. The third-order valence-electron chi connectivity index (χ3n) is 1.50. The zero-order valence-corrected chi connectivity index (χ0v) is 9.60. The quantitative estimate of drug-likeness (QED) is 0.839. The van der Waals surface area contributed by atoms with Gasteiger partial charge >= 0.3 is 6.18 Å². The first-order valence-corrected chi connectivity index (χ1v) is 5.65. The van der Waals surface area contributed by atoms with Crippen molar-refractivity contribution >= 4 is 27.3 Å². The van der Waals surface area contributed by atoms with Crippen LogP contribution < -0.4 is 5.32 Å². The van der Waals surface area contributed by atoms with E-state index in [0.717, 1.165) is 9.35 Å². The maximum Gasteiger partial charge on any atom is 0.401 e. The number of hydrogen-bond donors (Lipinski definition) is 1. The minimum absolute atomic E-state index is 0.354. The Morgan fingerprint density at radius 2 is 2.14 bits per heavy atom. The average molecular weight is 288 g/mol. The van der Waals surface area contributed by atoms with Gasteiger partial charge < -0.3 is 5.32 Å². The van der Waals surface area contributed by atoms with Crippen molar-refractivity contribution in [3.05, 3.63) is 20.8 Å². The van der Waals surface area contributed by atoms with E-state index < -0.39 is 12.7 Å². The summed E-state index contributed by atoms with van der Waals surface area (Å²) < 4.78 is 36.1. The van der Waals surface area contributed by atoms with Crippen molar-refractivity contribution in [1.82, 2.24) is 5.32 Å². The van der Waals surface area contributed by atoms with Crippen LogP contribution in [0.3, 0.4) is 0 Å². The Hall–Kier alpha value is -0.0700. The van der Waals surface area contributed by atoms with Crippen LogP contribution >= 0.6 is 27.3 Å². The van der Waals surface area contributed by atoms with Crippen LogP contribution in [0.25, 0.3) is 0 Å². The number of thiophene rings is 1. The van der Waals surface area contributed by atoms with Crippen molar-refractivity contribution in [3.63, 3.8) is 0 Å². The SMILES string of the molecule is FC(F)(F)CNCCc1cc(Br)cs1. The Morgan fingerprint density at radius 1 is 1.43 bits per heavy atom. The largest absolute Gasteiger partial charge is 0.401 e. The van der Waals surface area contributed by atoms with Crippen LogP contribution in [-0.4, -0.2) is 19.3 Å². The summed E-state index contributed by atoms with van der Waals surface area (Å²) in [7, 11) is 0. The predicted molar refractivity (Wildman–Crippen MR) is 54.6 cm³/mol. The molecule has 1 nitrogen and oxygen atoms in total. The molecule has 1 aromatic heterocycles. The summed E-state index contributed by atoms with van der Waals surface area (Å²) in [5.74, 6) is 0. The lowest BCUT2D eigenvalue weighted by atomic mass is 10.3. The van der Waals surface area contributed by atoms with E-state index in [2.05, 4.69) is 21.2 Å². The molecule has 0 spiro atoms. The second-order valence-electron chi connectivity index (χ2n) is 2.77. The molecular formula is C8H9BrF3NS. The molecule has 0 saturated heterocycles. The number of hydrogen-bond acceptors (Lipinski definition) is 2. The van der Waals surface area contributed by atoms with Gasteiger partial charge in [-0.15, -0.1) is 11.3 Å². The second-order valence-corrected chi connectivity index (χ2v) is 4.68. The molecule has 1 heterocycles. The minimum atomic E-state index is -4.12. The normalized spacial score (nSPS) is 12.0. The van der Waals surface area contributed by atoms with Crippen molar-refractivity contribution < 1.29 is 13.2 Å². The van der Waals surface area contributed by atoms with Crippen LogP contribution in [0.5, 0.6) is 0 Å². The van der Waals surface area contributed by atoms with E-state index in [9.17, 15) is 13.2 Å². The fourth-order valence-electron chi connectivity index (χ4n) is 0.927. The molecule has 0 aliphatic rings. The lowest BCUT2D eigenvalue weighted by Gasteiger charge is -2.06. The summed E-state index contributed by atoms with van der Waals surface area (Å²) in [6.07, 6.45) is -3.48. The highest BCUT2D eigenvalue weighted by atomic mass is 79.9. The first kappa shape index (κ1) is 12.0. The Balaban J connectivity index is 2.16. The van der Waals surface area contributed by atoms with Crippen molar-refractivity contribution in [1.29, 1.82) is 0 Å². The van der Waals surface area contributed by atoms with Crippen LogP contribution in [0, 0.1) is 0 Å². The van der Waals surface area contributed by atoms with Crippen molar-refractivity contribution in [2.75, 3.05) is 13.1 Å². The molecule has 1 N–H and O–H groups in total. The van der Waals surface area contributed by atoms with Gasteiger partial charge in [0.15, 0.2) is 0 Å². The van der Waals surface area contributed by atoms with Gasteiger partial charge in [0, 0.05) is 21.3 Å². The zero-order valence-electron chi connectivity index (χ0n) is 7.20. The highest BCUT2D eigenvalue weighted by Gasteiger charge is 2.25. The molecule has 0 bridgehead atoms. The topological polar surface area (TPSA) is 12.0 Å². The molecule has 0 saturated carbocycles. The Bertz CT molecular complexity index is 284. The van der Waals surface area contributed by atoms with Gasteiger partial charge in [-0.05, 0) is 28.4 Å². The van der Waals surface area contributed by atoms with E-state index in [0.29, 0.717) is 13.0 Å². The molecule has 0 unspecified atom stereocenters. The van der Waals surface area contributed by atoms with Crippen LogP contribution in [-0.2, 0) is 6.42 Å². The maximum atomic E-state index is 11.7. The molecule has 0 atom stereocenters. The standard InChI is InChI=1S/C8H9BrF3NS/c9-6-3-7(14-4-6)1-2-13-5-8(10,11)12/h3-4,13H,1-2,5H2. The summed E-state index contributed by atoms with van der Waals surface area (Å²) in [5, 5.41) is 4.27. The van der Waals surface area contributed by atoms with Gasteiger partial charge in [-0.3, -0.25) is 0 Å². The van der Waals surface area contributed by atoms with E-state index >= 15 is 0 Å². The van der Waals surface area contributed by atoms with Crippen molar-refractivity contribution in [2.24, 2.45) is 0 Å². The number of alkyl halides is 3. The van der Waals surface area contributed by atoms with E-state index in [4.69, 9.17) is 0 Å². The number of rotatable bonds is 4. The summed E-state index contributed by atoms with van der Waals surface area (Å²) in [6, 6.07) is 1.92. The number of nitrogens with one attached hydrogen (secondary N) is 1. The zero-order chi connectivity index (χ0) is 10.6. The first-order chi connectivity index (χ1) is 6.47. The third-order valence-corrected chi connectivity index (χ3v) is 3.25. The lowest BCUT2D eigenvalue weighted by Crippen LogP contribution is -2.30. The second kappa shape index (κ2) is 5.14. The molecule has 80 valence electrons.